The van der Waals surface area contributed by atoms with Crippen LogP contribution in [0.5, 0.6) is 0 Å². The van der Waals surface area contributed by atoms with Crippen LogP contribution in [0.25, 0.3) is 0 Å². The number of nitrogens with two attached hydrogens (primary N) is 2. The number of rotatable bonds is 3. The van der Waals surface area contributed by atoms with Crippen LogP contribution in [0.15, 0.2) is 0 Å². The van der Waals surface area contributed by atoms with E-state index in [-0.39, 0.29) is 18.4 Å². The summed E-state index contributed by atoms with van der Waals surface area (Å²) < 4.78 is 0. The van der Waals surface area contributed by atoms with Crippen molar-refractivity contribution >= 4 is 11.9 Å². The predicted molar refractivity (Wildman–Crippen MR) is 51.4 cm³/mol. The van der Waals surface area contributed by atoms with Crippen LogP contribution in [0, 0.1) is 0 Å². The molecule has 3 amide bonds. The third-order valence-electron chi connectivity index (χ3n) is 2.23. The summed E-state index contributed by atoms with van der Waals surface area (Å²) in [6, 6.07) is -0.581. The van der Waals surface area contributed by atoms with Crippen LogP contribution in [-0.2, 0) is 4.79 Å². The Morgan fingerprint density at radius 1 is 1.50 bits per heavy atom. The number of amides is 3. The molecule has 0 saturated carbocycles. The van der Waals surface area contributed by atoms with E-state index >= 15 is 0 Å². The smallest absolute Gasteiger partial charge is 0.318 e. The Balaban J connectivity index is 2.14. The molecule has 0 spiro atoms. The largest absolute Gasteiger partial charge is 0.351 e. The Morgan fingerprint density at radius 3 is 2.71 bits per heavy atom. The number of carbonyl (C=O) groups is 2. The fourth-order valence-corrected chi connectivity index (χ4v) is 1.53. The molecule has 0 radical (unpaired) electrons. The summed E-state index contributed by atoms with van der Waals surface area (Å²) in [6.07, 6.45) is 1.26. The van der Waals surface area contributed by atoms with Crippen LogP contribution >= 0.6 is 0 Å². The van der Waals surface area contributed by atoms with E-state index in [4.69, 9.17) is 11.5 Å². The van der Waals surface area contributed by atoms with Crippen LogP contribution in [0.3, 0.4) is 0 Å². The number of primary amides is 1. The summed E-state index contributed by atoms with van der Waals surface area (Å²) >= 11 is 0. The lowest BCUT2D eigenvalue weighted by atomic mass is 10.3. The molecule has 0 aliphatic carbocycles. The lowest BCUT2D eigenvalue weighted by Crippen LogP contribution is -2.37. The number of carbonyl (C=O) groups excluding carboxylic acids is 2. The Hall–Kier alpha value is -1.14. The topological polar surface area (TPSA) is 101 Å². The zero-order chi connectivity index (χ0) is 10.6. The molecule has 6 nitrogen and oxygen atoms in total. The third-order valence-corrected chi connectivity index (χ3v) is 2.23. The fourth-order valence-electron chi connectivity index (χ4n) is 1.53. The maximum Gasteiger partial charge on any atom is 0.318 e. The Morgan fingerprint density at radius 2 is 2.21 bits per heavy atom. The highest BCUT2D eigenvalue weighted by Crippen LogP contribution is 2.06. The van der Waals surface area contributed by atoms with Crippen LogP contribution in [0.2, 0.25) is 0 Å². The lowest BCUT2D eigenvalue weighted by Gasteiger charge is -2.13. The molecular weight excluding hydrogens is 184 g/mol. The zero-order valence-corrected chi connectivity index (χ0v) is 8.03. The number of urea groups is 1. The van der Waals surface area contributed by atoms with Crippen molar-refractivity contribution in [1.82, 2.24) is 10.2 Å². The molecular formula is C8H16N4O2. The second-order valence-corrected chi connectivity index (χ2v) is 3.51. The maximum atomic E-state index is 11.0. The van der Waals surface area contributed by atoms with Gasteiger partial charge in [-0.25, -0.2) is 4.79 Å². The molecule has 0 aromatic rings. The van der Waals surface area contributed by atoms with Crippen LogP contribution in [0.4, 0.5) is 4.79 Å². The molecule has 1 rings (SSSR count). The number of nitrogens with zero attached hydrogens (tertiary/aromatic N) is 1. The normalized spacial score (nSPS) is 22.2. The Bertz CT molecular complexity index is 231. The van der Waals surface area contributed by atoms with Gasteiger partial charge in [-0.2, -0.15) is 0 Å². The van der Waals surface area contributed by atoms with Gasteiger partial charge in [-0.05, 0) is 13.0 Å². The summed E-state index contributed by atoms with van der Waals surface area (Å²) in [7, 11) is 0. The van der Waals surface area contributed by atoms with Gasteiger partial charge in [0.25, 0.3) is 0 Å². The van der Waals surface area contributed by atoms with E-state index in [1.807, 2.05) is 5.32 Å². The standard InChI is InChI=1S/C8H16N4O2/c9-6-1-3-12(5-6)4-2-7(13)11-8(10)14/h6H,1-5,9H2,(H3,10,11,13,14)/t6-/m0/s1. The lowest BCUT2D eigenvalue weighted by molar-refractivity contribution is -0.120. The van der Waals surface area contributed by atoms with E-state index in [2.05, 4.69) is 4.90 Å². The minimum absolute atomic E-state index is 0.217. The maximum absolute atomic E-state index is 11.0. The second kappa shape index (κ2) is 4.92. The number of likely N-dealkylation sites (tertiary alicyclic amines) is 1. The highest BCUT2D eigenvalue weighted by molar-refractivity contribution is 5.93. The number of hydrogen-bond acceptors (Lipinski definition) is 4. The zero-order valence-electron chi connectivity index (χ0n) is 8.03. The molecule has 1 saturated heterocycles. The Labute approximate surface area is 82.6 Å². The van der Waals surface area contributed by atoms with Crippen molar-refractivity contribution in [3.05, 3.63) is 0 Å². The quantitative estimate of drug-likeness (QED) is 0.521. The summed E-state index contributed by atoms with van der Waals surface area (Å²) in [5.74, 6) is -0.335. The SMILES string of the molecule is NC(=O)NC(=O)CCN1CC[C@H](N)C1. The minimum atomic E-state index is -0.798. The number of imide groups is 1. The first-order chi connectivity index (χ1) is 6.58. The van der Waals surface area contributed by atoms with Gasteiger partial charge >= 0.3 is 6.03 Å². The summed E-state index contributed by atoms with van der Waals surface area (Å²) in [5.41, 5.74) is 10.5. The first kappa shape index (κ1) is 10.9. The first-order valence-electron chi connectivity index (χ1n) is 4.65. The molecule has 14 heavy (non-hydrogen) atoms. The van der Waals surface area contributed by atoms with Gasteiger partial charge in [-0.15, -0.1) is 0 Å². The van der Waals surface area contributed by atoms with Crippen LogP contribution in [-0.4, -0.2) is 42.5 Å². The van der Waals surface area contributed by atoms with Gasteiger partial charge in [0.1, 0.15) is 0 Å². The van der Waals surface area contributed by atoms with Crippen molar-refractivity contribution in [1.29, 1.82) is 0 Å². The van der Waals surface area contributed by atoms with E-state index in [1.165, 1.54) is 0 Å². The fraction of sp³-hybridized carbons (Fsp3) is 0.750. The van der Waals surface area contributed by atoms with Crippen molar-refractivity contribution in [3.63, 3.8) is 0 Å². The van der Waals surface area contributed by atoms with Crippen molar-refractivity contribution in [3.8, 4) is 0 Å². The number of hydrogen-bond donors (Lipinski definition) is 3. The summed E-state index contributed by atoms with van der Waals surface area (Å²) in [5, 5.41) is 2.02. The molecule has 1 atom stereocenters. The molecule has 80 valence electrons. The van der Waals surface area contributed by atoms with Gasteiger partial charge in [0.15, 0.2) is 0 Å². The van der Waals surface area contributed by atoms with E-state index < -0.39 is 6.03 Å². The van der Waals surface area contributed by atoms with E-state index in [1.54, 1.807) is 0 Å². The molecule has 1 aliphatic heterocycles. The minimum Gasteiger partial charge on any atom is -0.351 e. The summed E-state index contributed by atoms with van der Waals surface area (Å²) in [6.45, 7) is 2.38. The van der Waals surface area contributed by atoms with Crippen LogP contribution < -0.4 is 16.8 Å². The Kier molecular flexibility index (Phi) is 3.84. The first-order valence-corrected chi connectivity index (χ1v) is 4.65. The van der Waals surface area contributed by atoms with E-state index in [9.17, 15) is 9.59 Å². The molecule has 0 aromatic carbocycles. The molecule has 6 heteroatoms. The van der Waals surface area contributed by atoms with Crippen molar-refractivity contribution in [2.24, 2.45) is 11.5 Å². The molecule has 0 bridgehead atoms. The van der Waals surface area contributed by atoms with E-state index in [0.717, 1.165) is 19.5 Å². The van der Waals surface area contributed by atoms with E-state index in [0.29, 0.717) is 6.54 Å². The average Bonchev–Trinajstić information content (AvgIpc) is 2.47. The van der Waals surface area contributed by atoms with Gasteiger partial charge in [0.05, 0.1) is 0 Å². The van der Waals surface area contributed by atoms with Gasteiger partial charge < -0.3 is 16.4 Å². The predicted octanol–water partition coefficient (Wildman–Crippen LogP) is -1.40. The molecule has 1 heterocycles. The van der Waals surface area contributed by atoms with Crippen molar-refractivity contribution in [2.75, 3.05) is 19.6 Å². The van der Waals surface area contributed by atoms with Crippen LogP contribution in [0.1, 0.15) is 12.8 Å². The second-order valence-electron chi connectivity index (χ2n) is 3.51. The third kappa shape index (κ3) is 3.71. The molecule has 0 aromatic heterocycles. The van der Waals surface area contributed by atoms with Gasteiger partial charge in [-0.3, -0.25) is 10.1 Å². The van der Waals surface area contributed by atoms with Gasteiger partial charge in [0.2, 0.25) is 5.91 Å². The molecule has 5 N–H and O–H groups in total. The monoisotopic (exact) mass is 200 g/mol. The van der Waals surface area contributed by atoms with Crippen molar-refractivity contribution in [2.45, 2.75) is 18.9 Å². The van der Waals surface area contributed by atoms with Crippen molar-refractivity contribution < 1.29 is 9.59 Å². The molecule has 1 fully saturated rings. The number of nitrogens with one attached hydrogen (secondary N) is 1. The molecule has 1 aliphatic rings. The van der Waals surface area contributed by atoms with Gasteiger partial charge in [-0.1, -0.05) is 0 Å². The molecule has 0 unspecified atom stereocenters. The average molecular weight is 200 g/mol. The highest BCUT2D eigenvalue weighted by atomic mass is 16.2. The highest BCUT2D eigenvalue weighted by Gasteiger charge is 2.19. The summed E-state index contributed by atoms with van der Waals surface area (Å²) in [4.78, 5) is 23.4. The van der Waals surface area contributed by atoms with Gasteiger partial charge in [0, 0.05) is 25.6 Å².